The summed E-state index contributed by atoms with van der Waals surface area (Å²) in [5.41, 5.74) is 7.84. The Kier molecular flexibility index (Phi) is 4.38. The molecule has 2 aromatic carbocycles. The molecule has 0 heterocycles. The Morgan fingerprint density at radius 2 is 1.89 bits per heavy atom. The zero-order valence-corrected chi connectivity index (χ0v) is 11.9. The van der Waals surface area contributed by atoms with E-state index in [1.54, 1.807) is 12.1 Å². The van der Waals surface area contributed by atoms with Crippen LogP contribution in [0.1, 0.15) is 17.2 Å². The summed E-state index contributed by atoms with van der Waals surface area (Å²) in [5, 5.41) is 0.153. The second-order valence-electron chi connectivity index (χ2n) is 4.05. The Labute approximate surface area is 119 Å². The average molecular weight is 329 g/mol. The van der Waals surface area contributed by atoms with E-state index in [2.05, 4.69) is 15.9 Å². The Balaban J connectivity index is 2.24. The van der Waals surface area contributed by atoms with Crippen molar-refractivity contribution in [2.24, 2.45) is 5.73 Å². The van der Waals surface area contributed by atoms with Gasteiger partial charge in [0.25, 0.3) is 0 Å². The lowest BCUT2D eigenvalue weighted by atomic mass is 10.00. The molecular formula is C14H12BrClFN. The summed E-state index contributed by atoms with van der Waals surface area (Å²) in [5.74, 6) is -0.409. The molecule has 0 fully saturated rings. The number of benzene rings is 2. The molecule has 2 N–H and O–H groups in total. The van der Waals surface area contributed by atoms with Crippen LogP contribution in [0.5, 0.6) is 0 Å². The SMILES string of the molecule is NC(Cc1cccc(F)c1Cl)c1ccccc1Br. The maximum atomic E-state index is 13.3. The first-order chi connectivity index (χ1) is 8.59. The summed E-state index contributed by atoms with van der Waals surface area (Å²) in [6, 6.07) is 12.3. The van der Waals surface area contributed by atoms with E-state index < -0.39 is 5.82 Å². The van der Waals surface area contributed by atoms with E-state index in [-0.39, 0.29) is 11.1 Å². The van der Waals surface area contributed by atoms with Gasteiger partial charge in [-0.15, -0.1) is 0 Å². The zero-order valence-electron chi connectivity index (χ0n) is 9.54. The van der Waals surface area contributed by atoms with Crippen LogP contribution in [0.2, 0.25) is 5.02 Å². The molecule has 94 valence electrons. The summed E-state index contributed by atoms with van der Waals surface area (Å²) in [7, 11) is 0. The Hall–Kier alpha value is -0.900. The highest BCUT2D eigenvalue weighted by atomic mass is 79.9. The Bertz CT molecular complexity index is 559. The molecule has 0 saturated heterocycles. The van der Waals surface area contributed by atoms with Gasteiger partial charge in [-0.25, -0.2) is 4.39 Å². The largest absolute Gasteiger partial charge is 0.324 e. The maximum absolute atomic E-state index is 13.3. The quantitative estimate of drug-likeness (QED) is 0.883. The minimum absolute atomic E-state index is 0.153. The maximum Gasteiger partial charge on any atom is 0.142 e. The van der Waals surface area contributed by atoms with Gasteiger partial charge in [0.15, 0.2) is 0 Å². The van der Waals surface area contributed by atoms with Crippen LogP contribution >= 0.6 is 27.5 Å². The van der Waals surface area contributed by atoms with Gasteiger partial charge in [-0.05, 0) is 29.7 Å². The molecule has 0 aliphatic rings. The highest BCUT2D eigenvalue weighted by molar-refractivity contribution is 9.10. The molecule has 0 saturated carbocycles. The normalized spacial score (nSPS) is 12.4. The van der Waals surface area contributed by atoms with Gasteiger partial charge in [0.1, 0.15) is 5.82 Å². The van der Waals surface area contributed by atoms with Crippen molar-refractivity contribution in [3.63, 3.8) is 0 Å². The van der Waals surface area contributed by atoms with Crippen molar-refractivity contribution in [1.29, 1.82) is 0 Å². The van der Waals surface area contributed by atoms with Crippen LogP contribution in [0.25, 0.3) is 0 Å². The number of hydrogen-bond donors (Lipinski definition) is 1. The molecule has 0 aliphatic carbocycles. The molecule has 0 radical (unpaired) electrons. The molecule has 0 spiro atoms. The van der Waals surface area contributed by atoms with E-state index in [9.17, 15) is 4.39 Å². The molecule has 18 heavy (non-hydrogen) atoms. The van der Waals surface area contributed by atoms with Crippen molar-refractivity contribution < 1.29 is 4.39 Å². The van der Waals surface area contributed by atoms with Crippen molar-refractivity contribution in [3.8, 4) is 0 Å². The second-order valence-corrected chi connectivity index (χ2v) is 5.28. The fourth-order valence-electron chi connectivity index (χ4n) is 1.83. The fraction of sp³-hybridized carbons (Fsp3) is 0.143. The molecule has 0 amide bonds. The van der Waals surface area contributed by atoms with E-state index in [1.165, 1.54) is 6.07 Å². The highest BCUT2D eigenvalue weighted by Gasteiger charge is 2.13. The van der Waals surface area contributed by atoms with Crippen molar-refractivity contribution in [2.45, 2.75) is 12.5 Å². The van der Waals surface area contributed by atoms with Crippen LogP contribution in [0.3, 0.4) is 0 Å². The molecule has 1 atom stereocenters. The van der Waals surface area contributed by atoms with Crippen LogP contribution in [0, 0.1) is 5.82 Å². The first kappa shape index (κ1) is 13.5. The third-order valence-electron chi connectivity index (χ3n) is 2.78. The van der Waals surface area contributed by atoms with E-state index in [4.69, 9.17) is 17.3 Å². The van der Waals surface area contributed by atoms with Gasteiger partial charge in [0.2, 0.25) is 0 Å². The van der Waals surface area contributed by atoms with Crippen LogP contribution in [0.15, 0.2) is 46.9 Å². The van der Waals surface area contributed by atoms with Gasteiger partial charge in [-0.2, -0.15) is 0 Å². The molecular weight excluding hydrogens is 317 g/mol. The van der Waals surface area contributed by atoms with Gasteiger partial charge >= 0.3 is 0 Å². The van der Waals surface area contributed by atoms with E-state index in [1.807, 2.05) is 24.3 Å². The smallest absolute Gasteiger partial charge is 0.142 e. The van der Waals surface area contributed by atoms with Crippen molar-refractivity contribution in [2.75, 3.05) is 0 Å². The Morgan fingerprint density at radius 1 is 1.17 bits per heavy atom. The van der Waals surface area contributed by atoms with E-state index >= 15 is 0 Å². The highest BCUT2D eigenvalue weighted by Crippen LogP contribution is 2.27. The van der Waals surface area contributed by atoms with Gasteiger partial charge in [-0.3, -0.25) is 0 Å². The number of hydrogen-bond acceptors (Lipinski definition) is 1. The lowest BCUT2D eigenvalue weighted by Gasteiger charge is -2.15. The number of rotatable bonds is 3. The van der Waals surface area contributed by atoms with Crippen molar-refractivity contribution in [1.82, 2.24) is 0 Å². The molecule has 4 heteroatoms. The zero-order chi connectivity index (χ0) is 13.1. The average Bonchev–Trinajstić information content (AvgIpc) is 2.35. The third kappa shape index (κ3) is 2.91. The lowest BCUT2D eigenvalue weighted by Crippen LogP contribution is -2.14. The summed E-state index contributed by atoms with van der Waals surface area (Å²) in [6.07, 6.45) is 0.499. The molecule has 1 unspecified atom stereocenters. The predicted molar refractivity (Wildman–Crippen MR) is 76.2 cm³/mol. The molecule has 2 rings (SSSR count). The standard InChI is InChI=1S/C14H12BrClFN/c15-11-6-2-1-5-10(11)13(18)8-9-4-3-7-12(17)14(9)16/h1-7,13H,8,18H2. The summed E-state index contributed by atoms with van der Waals surface area (Å²) < 4.78 is 14.3. The van der Waals surface area contributed by atoms with E-state index in [0.717, 1.165) is 15.6 Å². The summed E-state index contributed by atoms with van der Waals surface area (Å²) in [6.45, 7) is 0. The van der Waals surface area contributed by atoms with Crippen LogP contribution < -0.4 is 5.73 Å². The number of nitrogens with two attached hydrogens (primary N) is 1. The Morgan fingerprint density at radius 3 is 2.61 bits per heavy atom. The topological polar surface area (TPSA) is 26.0 Å². The van der Waals surface area contributed by atoms with Crippen molar-refractivity contribution in [3.05, 3.63) is 68.9 Å². The first-order valence-electron chi connectivity index (χ1n) is 5.52. The van der Waals surface area contributed by atoms with Crippen LogP contribution in [-0.4, -0.2) is 0 Å². The number of halogens is 3. The molecule has 0 aliphatic heterocycles. The van der Waals surface area contributed by atoms with Gasteiger partial charge in [-0.1, -0.05) is 57.9 Å². The second kappa shape index (κ2) is 5.83. The molecule has 0 bridgehead atoms. The van der Waals surface area contributed by atoms with Gasteiger partial charge < -0.3 is 5.73 Å². The van der Waals surface area contributed by atoms with Crippen molar-refractivity contribution >= 4 is 27.5 Å². The summed E-state index contributed by atoms with van der Waals surface area (Å²) in [4.78, 5) is 0. The summed E-state index contributed by atoms with van der Waals surface area (Å²) >= 11 is 9.38. The van der Waals surface area contributed by atoms with Crippen LogP contribution in [0.4, 0.5) is 4.39 Å². The minimum atomic E-state index is -0.409. The van der Waals surface area contributed by atoms with Gasteiger partial charge in [0, 0.05) is 10.5 Å². The van der Waals surface area contributed by atoms with E-state index in [0.29, 0.717) is 6.42 Å². The lowest BCUT2D eigenvalue weighted by molar-refractivity contribution is 0.622. The predicted octanol–water partition coefficient (Wildman–Crippen LogP) is 4.48. The first-order valence-corrected chi connectivity index (χ1v) is 6.69. The van der Waals surface area contributed by atoms with Gasteiger partial charge in [0.05, 0.1) is 5.02 Å². The minimum Gasteiger partial charge on any atom is -0.324 e. The fourth-order valence-corrected chi connectivity index (χ4v) is 2.61. The molecule has 1 nitrogen and oxygen atoms in total. The molecule has 2 aromatic rings. The third-order valence-corrected chi connectivity index (χ3v) is 3.92. The monoisotopic (exact) mass is 327 g/mol. The molecule has 0 aromatic heterocycles. The van der Waals surface area contributed by atoms with Crippen LogP contribution in [-0.2, 0) is 6.42 Å².